The van der Waals surface area contributed by atoms with E-state index in [1.807, 2.05) is 26.0 Å². The first-order valence-corrected chi connectivity index (χ1v) is 6.95. The summed E-state index contributed by atoms with van der Waals surface area (Å²) in [4.78, 5) is 24.8. The lowest BCUT2D eigenvalue weighted by atomic mass is 10.1. The highest BCUT2D eigenvalue weighted by Crippen LogP contribution is 2.22. The number of rotatable bonds is 5. The molecule has 104 valence electrons. The standard InChI is InChI=1S/C14H18BrNO3/c1-4-16(8-10(3)14(18)19)13(17)11-7-5-6-9(2)12(11)15/h5-7,10H,4,8H2,1-3H3,(H,18,19). The topological polar surface area (TPSA) is 57.6 Å². The normalized spacial score (nSPS) is 12.0. The molecule has 0 aliphatic carbocycles. The summed E-state index contributed by atoms with van der Waals surface area (Å²) in [7, 11) is 0. The first kappa shape index (κ1) is 15.7. The van der Waals surface area contributed by atoms with Crippen molar-refractivity contribution >= 4 is 27.8 Å². The molecule has 1 atom stereocenters. The number of benzene rings is 1. The minimum atomic E-state index is -0.894. The number of amides is 1. The molecule has 1 unspecified atom stereocenters. The SMILES string of the molecule is CCN(CC(C)C(=O)O)C(=O)c1cccc(C)c1Br. The Morgan fingerprint density at radius 3 is 2.58 bits per heavy atom. The highest BCUT2D eigenvalue weighted by Gasteiger charge is 2.22. The molecule has 0 radical (unpaired) electrons. The number of carbonyl (C=O) groups is 2. The summed E-state index contributed by atoms with van der Waals surface area (Å²) in [6.07, 6.45) is 0. The monoisotopic (exact) mass is 327 g/mol. The van der Waals surface area contributed by atoms with Crippen molar-refractivity contribution in [2.24, 2.45) is 5.92 Å². The van der Waals surface area contributed by atoms with Crippen molar-refractivity contribution in [3.05, 3.63) is 33.8 Å². The molecule has 0 heterocycles. The van der Waals surface area contributed by atoms with E-state index in [0.29, 0.717) is 12.1 Å². The molecule has 0 saturated carbocycles. The quantitative estimate of drug-likeness (QED) is 0.904. The van der Waals surface area contributed by atoms with E-state index in [1.54, 1.807) is 17.9 Å². The first-order chi connectivity index (χ1) is 8.88. The van der Waals surface area contributed by atoms with Gasteiger partial charge in [-0.2, -0.15) is 0 Å². The predicted octanol–water partition coefficient (Wildman–Crippen LogP) is 2.94. The third kappa shape index (κ3) is 3.80. The highest BCUT2D eigenvalue weighted by atomic mass is 79.9. The van der Waals surface area contributed by atoms with Crippen LogP contribution in [-0.2, 0) is 4.79 Å². The summed E-state index contributed by atoms with van der Waals surface area (Å²) in [5.74, 6) is -1.62. The number of nitrogens with zero attached hydrogens (tertiary/aromatic N) is 1. The van der Waals surface area contributed by atoms with E-state index in [-0.39, 0.29) is 12.5 Å². The number of halogens is 1. The fourth-order valence-corrected chi connectivity index (χ4v) is 2.18. The zero-order valence-corrected chi connectivity index (χ0v) is 12.9. The second-order valence-corrected chi connectivity index (χ2v) is 5.31. The molecule has 19 heavy (non-hydrogen) atoms. The van der Waals surface area contributed by atoms with Crippen LogP contribution in [0.25, 0.3) is 0 Å². The Bertz CT molecular complexity index is 488. The van der Waals surface area contributed by atoms with Gasteiger partial charge in [-0.25, -0.2) is 0 Å². The maximum absolute atomic E-state index is 12.4. The number of carboxylic acid groups (broad SMARTS) is 1. The lowest BCUT2D eigenvalue weighted by molar-refractivity contribution is -0.141. The van der Waals surface area contributed by atoms with E-state index in [2.05, 4.69) is 15.9 Å². The lowest BCUT2D eigenvalue weighted by Gasteiger charge is -2.23. The summed E-state index contributed by atoms with van der Waals surface area (Å²) < 4.78 is 0.765. The van der Waals surface area contributed by atoms with Crippen LogP contribution < -0.4 is 0 Å². The van der Waals surface area contributed by atoms with E-state index < -0.39 is 11.9 Å². The summed E-state index contributed by atoms with van der Waals surface area (Å²) in [6, 6.07) is 5.48. The Kier molecular flexibility index (Phi) is 5.54. The van der Waals surface area contributed by atoms with Crippen LogP contribution in [0.1, 0.15) is 29.8 Å². The predicted molar refractivity (Wildman–Crippen MR) is 77.3 cm³/mol. The summed E-state index contributed by atoms with van der Waals surface area (Å²) in [5.41, 5.74) is 1.55. The van der Waals surface area contributed by atoms with Crippen molar-refractivity contribution in [3.8, 4) is 0 Å². The summed E-state index contributed by atoms with van der Waals surface area (Å²) >= 11 is 3.41. The number of aryl methyl sites for hydroxylation is 1. The fraction of sp³-hybridized carbons (Fsp3) is 0.429. The Labute approximate surface area is 121 Å². The largest absolute Gasteiger partial charge is 0.481 e. The zero-order chi connectivity index (χ0) is 14.6. The Balaban J connectivity index is 2.96. The molecule has 1 N–H and O–H groups in total. The second kappa shape index (κ2) is 6.70. The molecule has 0 fully saturated rings. The van der Waals surface area contributed by atoms with Gasteiger partial charge in [-0.15, -0.1) is 0 Å². The number of hydrogen-bond acceptors (Lipinski definition) is 2. The molecular weight excluding hydrogens is 310 g/mol. The molecule has 0 bridgehead atoms. The van der Waals surface area contributed by atoms with Crippen molar-refractivity contribution in [1.82, 2.24) is 4.90 Å². The van der Waals surface area contributed by atoms with Crippen molar-refractivity contribution in [2.75, 3.05) is 13.1 Å². The van der Waals surface area contributed by atoms with E-state index >= 15 is 0 Å². The number of carbonyl (C=O) groups excluding carboxylic acids is 1. The van der Waals surface area contributed by atoms with Crippen LogP contribution in [0.15, 0.2) is 22.7 Å². The molecule has 4 nitrogen and oxygen atoms in total. The molecular formula is C14H18BrNO3. The van der Waals surface area contributed by atoms with E-state index in [4.69, 9.17) is 5.11 Å². The van der Waals surface area contributed by atoms with Gasteiger partial charge in [-0.3, -0.25) is 9.59 Å². The van der Waals surface area contributed by atoms with Crippen LogP contribution in [0.5, 0.6) is 0 Å². The molecule has 0 aliphatic rings. The van der Waals surface area contributed by atoms with Crippen LogP contribution in [0.3, 0.4) is 0 Å². The van der Waals surface area contributed by atoms with Crippen LogP contribution in [0.4, 0.5) is 0 Å². The van der Waals surface area contributed by atoms with Gasteiger partial charge in [0.2, 0.25) is 0 Å². The lowest BCUT2D eigenvalue weighted by Crippen LogP contribution is -2.37. The summed E-state index contributed by atoms with van der Waals surface area (Å²) in [5, 5.41) is 8.93. The Morgan fingerprint density at radius 2 is 2.05 bits per heavy atom. The summed E-state index contributed by atoms with van der Waals surface area (Å²) in [6.45, 7) is 6.05. The van der Waals surface area contributed by atoms with Gasteiger partial charge in [0.25, 0.3) is 5.91 Å². The maximum atomic E-state index is 12.4. The fourth-order valence-electron chi connectivity index (χ4n) is 1.75. The van der Waals surface area contributed by atoms with Crippen LogP contribution in [0.2, 0.25) is 0 Å². The average Bonchev–Trinajstić information content (AvgIpc) is 2.38. The second-order valence-electron chi connectivity index (χ2n) is 4.52. The minimum absolute atomic E-state index is 0.147. The molecule has 1 aromatic rings. The van der Waals surface area contributed by atoms with Gasteiger partial charge in [0.05, 0.1) is 11.5 Å². The number of aliphatic carboxylic acids is 1. The number of hydrogen-bond donors (Lipinski definition) is 1. The van der Waals surface area contributed by atoms with Gasteiger partial charge in [0.15, 0.2) is 0 Å². The molecule has 0 aromatic heterocycles. The third-order valence-corrected chi connectivity index (χ3v) is 4.06. The van der Waals surface area contributed by atoms with Gasteiger partial charge >= 0.3 is 5.97 Å². The van der Waals surface area contributed by atoms with Crippen molar-refractivity contribution in [3.63, 3.8) is 0 Å². The highest BCUT2D eigenvalue weighted by molar-refractivity contribution is 9.10. The average molecular weight is 328 g/mol. The molecule has 1 aromatic carbocycles. The van der Waals surface area contributed by atoms with Crippen LogP contribution in [0, 0.1) is 12.8 Å². The van der Waals surface area contributed by atoms with Crippen LogP contribution in [-0.4, -0.2) is 35.0 Å². The molecule has 0 spiro atoms. The molecule has 0 saturated heterocycles. The Morgan fingerprint density at radius 1 is 1.42 bits per heavy atom. The van der Waals surface area contributed by atoms with E-state index in [0.717, 1.165) is 10.0 Å². The Hall–Kier alpha value is -1.36. The van der Waals surface area contributed by atoms with Gasteiger partial charge in [0, 0.05) is 17.6 Å². The maximum Gasteiger partial charge on any atom is 0.308 e. The number of carboxylic acids is 1. The van der Waals surface area contributed by atoms with Crippen LogP contribution >= 0.6 is 15.9 Å². The molecule has 1 amide bonds. The molecule has 0 aliphatic heterocycles. The minimum Gasteiger partial charge on any atom is -0.481 e. The van der Waals surface area contributed by atoms with Gasteiger partial charge in [-0.05, 0) is 41.4 Å². The smallest absolute Gasteiger partial charge is 0.308 e. The van der Waals surface area contributed by atoms with E-state index in [9.17, 15) is 9.59 Å². The van der Waals surface area contributed by atoms with Gasteiger partial charge < -0.3 is 10.0 Å². The zero-order valence-electron chi connectivity index (χ0n) is 11.3. The van der Waals surface area contributed by atoms with E-state index in [1.165, 1.54) is 0 Å². The van der Waals surface area contributed by atoms with Crippen molar-refractivity contribution < 1.29 is 14.7 Å². The first-order valence-electron chi connectivity index (χ1n) is 6.15. The molecule has 5 heteroatoms. The molecule has 1 rings (SSSR count). The van der Waals surface area contributed by atoms with Gasteiger partial charge in [0.1, 0.15) is 0 Å². The van der Waals surface area contributed by atoms with Crippen molar-refractivity contribution in [1.29, 1.82) is 0 Å². The third-order valence-electron chi connectivity index (χ3n) is 3.01. The van der Waals surface area contributed by atoms with Crippen molar-refractivity contribution in [2.45, 2.75) is 20.8 Å². The van der Waals surface area contributed by atoms with Gasteiger partial charge in [-0.1, -0.05) is 19.1 Å².